The fourth-order valence-electron chi connectivity index (χ4n) is 2.06. The number of nitriles is 1. The van der Waals surface area contributed by atoms with Crippen LogP contribution in [0.4, 0.5) is 0 Å². The van der Waals surface area contributed by atoms with Gasteiger partial charge in [0.25, 0.3) is 10.2 Å². The van der Waals surface area contributed by atoms with Gasteiger partial charge in [-0.05, 0) is 25.2 Å². The van der Waals surface area contributed by atoms with Crippen LogP contribution < -0.4 is 4.72 Å². The number of hydrogen-bond acceptors (Lipinski definition) is 3. The summed E-state index contributed by atoms with van der Waals surface area (Å²) in [7, 11) is -3.49. The van der Waals surface area contributed by atoms with Crippen LogP contribution in [0.25, 0.3) is 0 Å². The zero-order chi connectivity index (χ0) is 12.9. The molecule has 0 aliphatic carbocycles. The molecule has 0 aromatic heterocycles. The summed E-state index contributed by atoms with van der Waals surface area (Å²) in [5, 5.41) is 8.88. The van der Waals surface area contributed by atoms with Gasteiger partial charge in [0, 0.05) is 13.1 Å². The number of rotatable bonds is 5. The van der Waals surface area contributed by atoms with Gasteiger partial charge in [0.05, 0.1) is 6.07 Å². The van der Waals surface area contributed by atoms with Crippen LogP contribution in [-0.4, -0.2) is 31.9 Å². The third-order valence-electron chi connectivity index (χ3n) is 2.98. The summed E-state index contributed by atoms with van der Waals surface area (Å²) in [5.74, 6) is 0.395. The molecule has 17 heavy (non-hydrogen) atoms. The monoisotopic (exact) mass is 259 g/mol. The van der Waals surface area contributed by atoms with Crippen LogP contribution in [0.1, 0.15) is 39.5 Å². The first-order valence-electron chi connectivity index (χ1n) is 6.16. The van der Waals surface area contributed by atoms with Crippen molar-refractivity contribution in [2.24, 2.45) is 5.92 Å². The minimum atomic E-state index is -3.49. The van der Waals surface area contributed by atoms with Gasteiger partial charge in [-0.25, -0.2) is 0 Å². The van der Waals surface area contributed by atoms with Crippen molar-refractivity contribution in [3.63, 3.8) is 0 Å². The van der Waals surface area contributed by atoms with Crippen LogP contribution >= 0.6 is 0 Å². The standard InChI is InChI=1S/C11H21N3O2S/c1-3-5-11(8-12)13-17(15,16)14-7-4-6-10(2)9-14/h10-11,13H,3-7,9H2,1-2H3. The van der Waals surface area contributed by atoms with Crippen molar-refractivity contribution >= 4 is 10.2 Å². The molecule has 1 aliphatic heterocycles. The van der Waals surface area contributed by atoms with Crippen LogP contribution in [0, 0.1) is 17.2 Å². The number of nitrogens with one attached hydrogen (secondary N) is 1. The van der Waals surface area contributed by atoms with Crippen molar-refractivity contribution < 1.29 is 8.42 Å². The Morgan fingerprint density at radius 2 is 2.29 bits per heavy atom. The summed E-state index contributed by atoms with van der Waals surface area (Å²) >= 11 is 0. The van der Waals surface area contributed by atoms with Gasteiger partial charge in [-0.1, -0.05) is 20.3 Å². The summed E-state index contributed by atoms with van der Waals surface area (Å²) in [6, 6.07) is 1.38. The van der Waals surface area contributed by atoms with Gasteiger partial charge in [0.2, 0.25) is 0 Å². The van der Waals surface area contributed by atoms with Gasteiger partial charge in [-0.3, -0.25) is 0 Å². The molecule has 0 saturated carbocycles. The minimum Gasteiger partial charge on any atom is -0.197 e. The molecule has 2 unspecified atom stereocenters. The van der Waals surface area contributed by atoms with Crippen molar-refractivity contribution in [2.75, 3.05) is 13.1 Å². The molecule has 98 valence electrons. The van der Waals surface area contributed by atoms with Gasteiger partial charge >= 0.3 is 0 Å². The Kier molecular flexibility index (Phi) is 5.37. The van der Waals surface area contributed by atoms with E-state index in [0.717, 1.165) is 19.3 Å². The first-order valence-corrected chi connectivity index (χ1v) is 7.60. The third-order valence-corrected chi connectivity index (χ3v) is 4.58. The molecule has 0 radical (unpaired) electrons. The lowest BCUT2D eigenvalue weighted by Crippen LogP contribution is -2.48. The van der Waals surface area contributed by atoms with E-state index in [4.69, 9.17) is 5.26 Å². The zero-order valence-corrected chi connectivity index (χ0v) is 11.3. The molecule has 1 saturated heterocycles. The Labute approximate surface area is 104 Å². The molecule has 0 bridgehead atoms. The van der Waals surface area contributed by atoms with Gasteiger partial charge in [-0.15, -0.1) is 0 Å². The van der Waals surface area contributed by atoms with Crippen LogP contribution in [0.5, 0.6) is 0 Å². The maximum Gasteiger partial charge on any atom is 0.280 e. The predicted octanol–water partition coefficient (Wildman–Crippen LogP) is 1.24. The van der Waals surface area contributed by atoms with Gasteiger partial charge in [0.1, 0.15) is 6.04 Å². The molecule has 6 heteroatoms. The Morgan fingerprint density at radius 3 is 2.82 bits per heavy atom. The molecule has 2 atom stereocenters. The smallest absolute Gasteiger partial charge is 0.197 e. The molecular weight excluding hydrogens is 238 g/mol. The second-order valence-corrected chi connectivity index (χ2v) is 6.40. The molecule has 1 rings (SSSR count). The first-order chi connectivity index (χ1) is 7.99. The van der Waals surface area contributed by atoms with E-state index in [2.05, 4.69) is 11.6 Å². The van der Waals surface area contributed by atoms with E-state index in [1.54, 1.807) is 0 Å². The van der Waals surface area contributed by atoms with Crippen molar-refractivity contribution in [1.29, 1.82) is 5.26 Å². The zero-order valence-electron chi connectivity index (χ0n) is 10.5. The van der Waals surface area contributed by atoms with E-state index < -0.39 is 16.3 Å². The highest BCUT2D eigenvalue weighted by Gasteiger charge is 2.28. The highest BCUT2D eigenvalue weighted by Crippen LogP contribution is 2.18. The van der Waals surface area contributed by atoms with Crippen molar-refractivity contribution in [3.8, 4) is 6.07 Å². The van der Waals surface area contributed by atoms with Crippen molar-refractivity contribution in [3.05, 3.63) is 0 Å². The Morgan fingerprint density at radius 1 is 1.59 bits per heavy atom. The molecule has 0 aromatic rings. The Bertz CT molecular complexity index is 375. The lowest BCUT2D eigenvalue weighted by Gasteiger charge is -2.30. The molecule has 1 N–H and O–H groups in total. The highest BCUT2D eigenvalue weighted by atomic mass is 32.2. The second kappa shape index (κ2) is 6.34. The van der Waals surface area contributed by atoms with Crippen LogP contribution in [0.3, 0.4) is 0 Å². The lowest BCUT2D eigenvalue weighted by atomic mass is 10.0. The van der Waals surface area contributed by atoms with Crippen molar-refractivity contribution in [1.82, 2.24) is 9.03 Å². The highest BCUT2D eigenvalue weighted by molar-refractivity contribution is 7.87. The number of piperidine rings is 1. The van der Waals surface area contributed by atoms with Crippen LogP contribution in [0.15, 0.2) is 0 Å². The normalized spacial score (nSPS) is 24.2. The summed E-state index contributed by atoms with van der Waals surface area (Å²) in [6.07, 6.45) is 3.31. The fourth-order valence-corrected chi connectivity index (χ4v) is 3.56. The topological polar surface area (TPSA) is 73.2 Å². The molecule has 0 aromatic carbocycles. The first kappa shape index (κ1) is 14.4. The largest absolute Gasteiger partial charge is 0.280 e. The molecule has 5 nitrogen and oxygen atoms in total. The van der Waals surface area contributed by atoms with E-state index in [0.29, 0.717) is 25.4 Å². The molecular formula is C11H21N3O2S. The average Bonchev–Trinajstić information content (AvgIpc) is 2.28. The van der Waals surface area contributed by atoms with Crippen LogP contribution in [-0.2, 0) is 10.2 Å². The van der Waals surface area contributed by atoms with Gasteiger partial charge < -0.3 is 0 Å². The molecule has 1 aliphatic rings. The average molecular weight is 259 g/mol. The second-order valence-electron chi connectivity index (χ2n) is 4.70. The van der Waals surface area contributed by atoms with E-state index >= 15 is 0 Å². The maximum atomic E-state index is 12.0. The number of hydrogen-bond donors (Lipinski definition) is 1. The minimum absolute atomic E-state index is 0.395. The lowest BCUT2D eigenvalue weighted by molar-refractivity contribution is 0.277. The van der Waals surface area contributed by atoms with Gasteiger partial charge in [0.15, 0.2) is 0 Å². The quantitative estimate of drug-likeness (QED) is 0.807. The Balaban J connectivity index is 2.64. The molecule has 0 spiro atoms. The van der Waals surface area contributed by atoms with E-state index in [9.17, 15) is 8.42 Å². The van der Waals surface area contributed by atoms with Gasteiger partial charge in [-0.2, -0.15) is 22.7 Å². The predicted molar refractivity (Wildman–Crippen MR) is 66.3 cm³/mol. The fraction of sp³-hybridized carbons (Fsp3) is 0.909. The SMILES string of the molecule is CCCC(C#N)NS(=O)(=O)N1CCCC(C)C1. The summed E-state index contributed by atoms with van der Waals surface area (Å²) in [5.41, 5.74) is 0. The van der Waals surface area contributed by atoms with E-state index in [1.165, 1.54) is 4.31 Å². The molecule has 1 heterocycles. The summed E-state index contributed by atoms with van der Waals surface area (Å²) in [6.45, 7) is 5.10. The van der Waals surface area contributed by atoms with Crippen LogP contribution in [0.2, 0.25) is 0 Å². The summed E-state index contributed by atoms with van der Waals surface area (Å²) < 4.78 is 28.0. The molecule has 0 amide bonds. The maximum absolute atomic E-state index is 12.0. The molecule has 1 fully saturated rings. The number of nitrogens with zero attached hydrogens (tertiary/aromatic N) is 2. The third kappa shape index (κ3) is 4.26. The van der Waals surface area contributed by atoms with E-state index in [-0.39, 0.29) is 0 Å². The van der Waals surface area contributed by atoms with Crippen molar-refractivity contribution in [2.45, 2.75) is 45.6 Å². The summed E-state index contributed by atoms with van der Waals surface area (Å²) in [4.78, 5) is 0. The Hall–Kier alpha value is -0.640. The van der Waals surface area contributed by atoms with E-state index in [1.807, 2.05) is 13.0 Å².